The molecule has 0 amide bonds. The summed E-state index contributed by atoms with van der Waals surface area (Å²) in [4.78, 5) is 5.48. The molecule has 114 valence electrons. The number of rotatable bonds is 6. The van der Waals surface area contributed by atoms with Gasteiger partial charge in [0.2, 0.25) is 0 Å². The van der Waals surface area contributed by atoms with Gasteiger partial charge in [0, 0.05) is 12.6 Å². The molecule has 0 radical (unpaired) electrons. The van der Waals surface area contributed by atoms with E-state index in [1.165, 1.54) is 24.0 Å². The summed E-state index contributed by atoms with van der Waals surface area (Å²) in [5, 5.41) is 7.69. The van der Waals surface area contributed by atoms with Gasteiger partial charge in [-0.15, -0.1) is 0 Å². The summed E-state index contributed by atoms with van der Waals surface area (Å²) in [6.07, 6.45) is 6.82. The van der Waals surface area contributed by atoms with Crippen LogP contribution in [0.25, 0.3) is 6.08 Å². The highest BCUT2D eigenvalue weighted by atomic mass is 16.6. The molecule has 1 aliphatic carbocycles. The van der Waals surface area contributed by atoms with Crippen molar-refractivity contribution in [1.29, 1.82) is 0 Å². The van der Waals surface area contributed by atoms with E-state index < -0.39 is 0 Å². The lowest BCUT2D eigenvalue weighted by atomic mass is 9.91. The molecule has 1 aliphatic rings. The van der Waals surface area contributed by atoms with E-state index in [9.17, 15) is 0 Å². The second-order valence-corrected chi connectivity index (χ2v) is 5.77. The van der Waals surface area contributed by atoms with Crippen molar-refractivity contribution >= 4 is 11.8 Å². The Kier molecular flexibility index (Phi) is 6.48. The van der Waals surface area contributed by atoms with Crippen LogP contribution >= 0.6 is 0 Å². The predicted molar refractivity (Wildman–Crippen MR) is 89.4 cm³/mol. The first-order valence-electron chi connectivity index (χ1n) is 7.94. The second kappa shape index (κ2) is 8.63. The van der Waals surface area contributed by atoms with Crippen LogP contribution < -0.4 is 5.32 Å². The Morgan fingerprint density at radius 1 is 1.19 bits per heavy atom. The summed E-state index contributed by atoms with van der Waals surface area (Å²) in [7, 11) is 0. The van der Waals surface area contributed by atoms with Crippen molar-refractivity contribution in [2.75, 3.05) is 13.2 Å². The monoisotopic (exact) mass is 286 g/mol. The van der Waals surface area contributed by atoms with E-state index in [-0.39, 0.29) is 0 Å². The molecule has 0 aliphatic heterocycles. The molecule has 1 aromatic carbocycles. The topological polar surface area (TPSA) is 33.6 Å². The molecule has 0 spiro atoms. The van der Waals surface area contributed by atoms with Crippen LogP contribution in [0, 0.1) is 0 Å². The zero-order valence-electron chi connectivity index (χ0n) is 13.1. The van der Waals surface area contributed by atoms with Gasteiger partial charge < -0.3 is 10.2 Å². The molecular formula is C18H26N2O. The molecule has 21 heavy (non-hydrogen) atoms. The van der Waals surface area contributed by atoms with Gasteiger partial charge in [-0.2, -0.15) is 0 Å². The van der Waals surface area contributed by atoms with Gasteiger partial charge in [0.15, 0.2) is 0 Å². The van der Waals surface area contributed by atoms with Gasteiger partial charge in [-0.1, -0.05) is 49.3 Å². The van der Waals surface area contributed by atoms with E-state index in [1.807, 2.05) is 6.07 Å². The van der Waals surface area contributed by atoms with E-state index in [0.717, 1.165) is 25.1 Å². The largest absolute Gasteiger partial charge is 0.394 e. The zero-order valence-corrected chi connectivity index (χ0v) is 13.1. The van der Waals surface area contributed by atoms with Crippen molar-refractivity contribution in [1.82, 2.24) is 5.32 Å². The lowest BCUT2D eigenvalue weighted by Crippen LogP contribution is -2.26. The van der Waals surface area contributed by atoms with Gasteiger partial charge in [-0.05, 0) is 42.9 Å². The molecule has 0 heterocycles. The molecule has 0 saturated heterocycles. The number of benzene rings is 1. The summed E-state index contributed by atoms with van der Waals surface area (Å²) < 4.78 is 0. The molecule has 3 nitrogen and oxygen atoms in total. The standard InChI is InChI=1S/C18H26N2O/c1-15(2)19-12-13-21-20-18-11-7-6-10-17(18)14-16-8-4-3-5-9-16/h3-5,8-9,14-15,19H,6-7,10-13H2,1-2H3/b17-14+,20-18-. The first kappa shape index (κ1) is 15.8. The molecule has 0 aromatic heterocycles. The Labute approximate surface area is 128 Å². The fourth-order valence-electron chi connectivity index (χ4n) is 2.44. The van der Waals surface area contributed by atoms with E-state index in [1.54, 1.807) is 0 Å². The average molecular weight is 286 g/mol. The first-order valence-corrected chi connectivity index (χ1v) is 7.94. The highest BCUT2D eigenvalue weighted by molar-refractivity contribution is 6.03. The molecule has 3 heteroatoms. The van der Waals surface area contributed by atoms with Gasteiger partial charge in [0.1, 0.15) is 6.61 Å². The third-order valence-electron chi connectivity index (χ3n) is 3.54. The van der Waals surface area contributed by atoms with Gasteiger partial charge in [-0.3, -0.25) is 0 Å². The van der Waals surface area contributed by atoms with Crippen molar-refractivity contribution in [3.8, 4) is 0 Å². The van der Waals surface area contributed by atoms with Crippen LogP contribution in [0.2, 0.25) is 0 Å². The van der Waals surface area contributed by atoms with Crippen LogP contribution in [-0.4, -0.2) is 24.9 Å². The zero-order chi connectivity index (χ0) is 14.9. The van der Waals surface area contributed by atoms with Crippen molar-refractivity contribution in [2.24, 2.45) is 5.16 Å². The molecule has 2 rings (SSSR count). The summed E-state index contributed by atoms with van der Waals surface area (Å²) in [5.74, 6) is 0. The van der Waals surface area contributed by atoms with E-state index >= 15 is 0 Å². The highest BCUT2D eigenvalue weighted by Crippen LogP contribution is 2.23. The molecule has 0 unspecified atom stereocenters. The maximum Gasteiger partial charge on any atom is 0.129 e. The quantitative estimate of drug-likeness (QED) is 0.633. The van der Waals surface area contributed by atoms with Crippen molar-refractivity contribution in [2.45, 2.75) is 45.6 Å². The smallest absolute Gasteiger partial charge is 0.129 e. The lowest BCUT2D eigenvalue weighted by molar-refractivity contribution is 0.143. The molecule has 1 fully saturated rings. The minimum atomic E-state index is 0.490. The summed E-state index contributed by atoms with van der Waals surface area (Å²) in [5.41, 5.74) is 3.68. The fourth-order valence-corrected chi connectivity index (χ4v) is 2.44. The normalized spacial score (nSPS) is 19.4. The number of oxime groups is 1. The number of hydrogen-bond donors (Lipinski definition) is 1. The number of allylic oxidation sites excluding steroid dienone is 1. The minimum absolute atomic E-state index is 0.490. The molecule has 1 aromatic rings. The molecule has 1 N–H and O–H groups in total. The van der Waals surface area contributed by atoms with Gasteiger partial charge in [0.05, 0.1) is 5.71 Å². The van der Waals surface area contributed by atoms with Crippen LogP contribution in [0.4, 0.5) is 0 Å². The molecule has 1 saturated carbocycles. The summed E-state index contributed by atoms with van der Waals surface area (Å²) >= 11 is 0. The van der Waals surface area contributed by atoms with Crippen LogP contribution in [-0.2, 0) is 4.84 Å². The van der Waals surface area contributed by atoms with Gasteiger partial charge in [0.25, 0.3) is 0 Å². The average Bonchev–Trinajstić information content (AvgIpc) is 2.49. The Balaban J connectivity index is 1.94. The van der Waals surface area contributed by atoms with Crippen LogP contribution in [0.1, 0.15) is 45.1 Å². The number of hydrogen-bond acceptors (Lipinski definition) is 3. The fraction of sp³-hybridized carbons (Fsp3) is 0.500. The van der Waals surface area contributed by atoms with Crippen molar-refractivity contribution in [3.63, 3.8) is 0 Å². The Hall–Kier alpha value is -1.61. The maximum atomic E-state index is 5.48. The van der Waals surface area contributed by atoms with E-state index in [2.05, 4.69) is 54.7 Å². The van der Waals surface area contributed by atoms with Crippen LogP contribution in [0.5, 0.6) is 0 Å². The van der Waals surface area contributed by atoms with Crippen LogP contribution in [0.3, 0.4) is 0 Å². The second-order valence-electron chi connectivity index (χ2n) is 5.77. The van der Waals surface area contributed by atoms with E-state index in [0.29, 0.717) is 12.6 Å². The maximum absolute atomic E-state index is 5.48. The SMILES string of the molecule is CC(C)NCCO/N=C1/CCCC/C1=C\c1ccccc1. The highest BCUT2D eigenvalue weighted by Gasteiger charge is 2.14. The van der Waals surface area contributed by atoms with Gasteiger partial charge >= 0.3 is 0 Å². The minimum Gasteiger partial charge on any atom is -0.394 e. The van der Waals surface area contributed by atoms with Gasteiger partial charge in [-0.25, -0.2) is 0 Å². The number of nitrogens with one attached hydrogen (secondary N) is 1. The van der Waals surface area contributed by atoms with Crippen LogP contribution in [0.15, 0.2) is 41.1 Å². The Bertz CT molecular complexity index is 477. The van der Waals surface area contributed by atoms with E-state index in [4.69, 9.17) is 4.84 Å². The Morgan fingerprint density at radius 3 is 2.71 bits per heavy atom. The van der Waals surface area contributed by atoms with Crippen molar-refractivity contribution in [3.05, 3.63) is 41.5 Å². The third kappa shape index (κ3) is 5.72. The predicted octanol–water partition coefficient (Wildman–Crippen LogP) is 4.01. The lowest BCUT2D eigenvalue weighted by Gasteiger charge is -2.16. The van der Waals surface area contributed by atoms with Crippen molar-refractivity contribution < 1.29 is 4.84 Å². The molecular weight excluding hydrogens is 260 g/mol. The molecule has 0 bridgehead atoms. The summed E-state index contributed by atoms with van der Waals surface area (Å²) in [6.45, 7) is 5.73. The molecule has 0 atom stereocenters. The first-order chi connectivity index (χ1) is 10.3. The Morgan fingerprint density at radius 2 is 1.95 bits per heavy atom. The summed E-state index contributed by atoms with van der Waals surface area (Å²) in [6, 6.07) is 10.9. The number of nitrogens with zero attached hydrogens (tertiary/aromatic N) is 1. The third-order valence-corrected chi connectivity index (χ3v) is 3.54.